The van der Waals surface area contributed by atoms with Gasteiger partial charge in [0.1, 0.15) is 11.6 Å². The van der Waals surface area contributed by atoms with E-state index < -0.39 is 0 Å². The average Bonchev–Trinajstić information content (AvgIpc) is 2.41. The van der Waals surface area contributed by atoms with Gasteiger partial charge in [-0.2, -0.15) is 0 Å². The fourth-order valence-corrected chi connectivity index (χ4v) is 2.69. The molecule has 1 aromatic carbocycles. The van der Waals surface area contributed by atoms with Crippen LogP contribution in [0.3, 0.4) is 0 Å². The lowest BCUT2D eigenvalue weighted by atomic mass is 10.0. The Kier molecular flexibility index (Phi) is 5.16. The molecule has 0 spiro atoms. The minimum Gasteiger partial charge on any atom is -0.493 e. The highest BCUT2D eigenvalue weighted by Crippen LogP contribution is 2.22. The molecule has 2 rings (SSSR count). The highest BCUT2D eigenvalue weighted by Gasteiger charge is 2.18. The van der Waals surface area contributed by atoms with Crippen LogP contribution in [0.5, 0.6) is 5.75 Å². The van der Waals surface area contributed by atoms with E-state index in [1.807, 2.05) is 0 Å². The van der Waals surface area contributed by atoms with Crippen molar-refractivity contribution in [3.05, 3.63) is 29.6 Å². The topological polar surface area (TPSA) is 38.5 Å². The molecule has 4 heteroatoms. The molecular weight excluding hydrogens is 243 g/mol. The van der Waals surface area contributed by atoms with Gasteiger partial charge in [-0.15, -0.1) is 0 Å². The standard InChI is InChI=1S/C15H23FN2O/c1-18-9-3-2-5-12(18)8-10-19-15-7-4-6-14(16)13(15)11-17/h4,6-7,12H,2-3,5,8-11,17H2,1H3. The summed E-state index contributed by atoms with van der Waals surface area (Å²) in [5.41, 5.74) is 6.03. The summed E-state index contributed by atoms with van der Waals surface area (Å²) in [5.74, 6) is 0.302. The Labute approximate surface area is 114 Å². The molecule has 3 nitrogen and oxygen atoms in total. The van der Waals surface area contributed by atoms with Crippen molar-refractivity contribution < 1.29 is 9.13 Å². The smallest absolute Gasteiger partial charge is 0.131 e. The molecule has 1 aliphatic heterocycles. The molecule has 1 heterocycles. The predicted octanol–water partition coefficient (Wildman–Crippen LogP) is 2.54. The van der Waals surface area contributed by atoms with Crippen LogP contribution in [-0.4, -0.2) is 31.1 Å². The highest BCUT2D eigenvalue weighted by atomic mass is 19.1. The molecule has 0 aliphatic carbocycles. The first-order valence-corrected chi connectivity index (χ1v) is 7.03. The van der Waals surface area contributed by atoms with Crippen LogP contribution in [0, 0.1) is 5.82 Å². The van der Waals surface area contributed by atoms with Crippen LogP contribution < -0.4 is 10.5 Å². The molecule has 106 valence electrons. The van der Waals surface area contributed by atoms with Crippen molar-refractivity contribution in [2.45, 2.75) is 38.3 Å². The van der Waals surface area contributed by atoms with Crippen LogP contribution in [0.2, 0.25) is 0 Å². The van der Waals surface area contributed by atoms with Crippen LogP contribution in [-0.2, 0) is 6.54 Å². The Hall–Kier alpha value is -1.13. The Morgan fingerprint density at radius 3 is 3.00 bits per heavy atom. The maximum atomic E-state index is 13.5. The number of piperidine rings is 1. The Bertz CT molecular complexity index is 411. The van der Waals surface area contributed by atoms with Crippen molar-refractivity contribution in [1.29, 1.82) is 0 Å². The van der Waals surface area contributed by atoms with Gasteiger partial charge in [0.15, 0.2) is 0 Å². The van der Waals surface area contributed by atoms with E-state index in [2.05, 4.69) is 11.9 Å². The van der Waals surface area contributed by atoms with Gasteiger partial charge in [0, 0.05) is 18.2 Å². The number of nitrogens with zero attached hydrogens (tertiary/aromatic N) is 1. The molecule has 1 unspecified atom stereocenters. The summed E-state index contributed by atoms with van der Waals surface area (Å²) in [6, 6.07) is 5.46. The molecule has 0 bridgehead atoms. The summed E-state index contributed by atoms with van der Waals surface area (Å²) < 4.78 is 19.2. The van der Waals surface area contributed by atoms with Gasteiger partial charge in [-0.05, 0) is 45.0 Å². The van der Waals surface area contributed by atoms with E-state index in [0.29, 0.717) is 24.0 Å². The Morgan fingerprint density at radius 1 is 1.42 bits per heavy atom. The SMILES string of the molecule is CN1CCCCC1CCOc1cccc(F)c1CN. The fourth-order valence-electron chi connectivity index (χ4n) is 2.69. The minimum atomic E-state index is -0.283. The summed E-state index contributed by atoms with van der Waals surface area (Å²) >= 11 is 0. The number of halogens is 1. The van der Waals surface area contributed by atoms with Gasteiger partial charge in [0.05, 0.1) is 6.61 Å². The van der Waals surface area contributed by atoms with E-state index >= 15 is 0 Å². The van der Waals surface area contributed by atoms with Gasteiger partial charge in [-0.1, -0.05) is 12.5 Å². The summed E-state index contributed by atoms with van der Waals surface area (Å²) in [4.78, 5) is 2.39. The van der Waals surface area contributed by atoms with Crippen molar-refractivity contribution in [3.63, 3.8) is 0 Å². The number of ether oxygens (including phenoxy) is 1. The van der Waals surface area contributed by atoms with Gasteiger partial charge >= 0.3 is 0 Å². The summed E-state index contributed by atoms with van der Waals surface area (Å²) in [7, 11) is 2.16. The van der Waals surface area contributed by atoms with Crippen LogP contribution in [0.15, 0.2) is 18.2 Å². The zero-order valence-electron chi connectivity index (χ0n) is 11.6. The van der Waals surface area contributed by atoms with Crippen LogP contribution in [0.4, 0.5) is 4.39 Å². The molecule has 1 fully saturated rings. The average molecular weight is 266 g/mol. The quantitative estimate of drug-likeness (QED) is 0.890. The first-order valence-electron chi connectivity index (χ1n) is 7.03. The predicted molar refractivity (Wildman–Crippen MR) is 74.7 cm³/mol. The molecule has 1 aliphatic rings. The first kappa shape index (κ1) is 14.3. The van der Waals surface area contributed by atoms with E-state index in [1.54, 1.807) is 12.1 Å². The van der Waals surface area contributed by atoms with Crippen molar-refractivity contribution >= 4 is 0 Å². The van der Waals surface area contributed by atoms with Crippen LogP contribution >= 0.6 is 0 Å². The van der Waals surface area contributed by atoms with Crippen LogP contribution in [0.25, 0.3) is 0 Å². The zero-order chi connectivity index (χ0) is 13.7. The largest absolute Gasteiger partial charge is 0.493 e. The van der Waals surface area contributed by atoms with E-state index in [4.69, 9.17) is 10.5 Å². The van der Waals surface area contributed by atoms with E-state index in [1.165, 1.54) is 31.9 Å². The third kappa shape index (κ3) is 3.67. The second-order valence-electron chi connectivity index (χ2n) is 5.19. The monoisotopic (exact) mass is 266 g/mol. The van der Waals surface area contributed by atoms with Gasteiger partial charge in [0.25, 0.3) is 0 Å². The van der Waals surface area contributed by atoms with E-state index in [-0.39, 0.29) is 12.4 Å². The van der Waals surface area contributed by atoms with Gasteiger partial charge in [-0.25, -0.2) is 4.39 Å². The molecule has 19 heavy (non-hydrogen) atoms. The van der Waals surface area contributed by atoms with Gasteiger partial charge in [-0.3, -0.25) is 0 Å². The first-order chi connectivity index (χ1) is 9.22. The maximum Gasteiger partial charge on any atom is 0.131 e. The molecule has 0 aromatic heterocycles. The van der Waals surface area contributed by atoms with Crippen molar-refractivity contribution in [3.8, 4) is 5.75 Å². The molecular formula is C15H23FN2O. The molecule has 1 atom stereocenters. The van der Waals surface area contributed by atoms with Crippen LogP contribution in [0.1, 0.15) is 31.2 Å². The number of benzene rings is 1. The third-order valence-corrected chi connectivity index (χ3v) is 3.91. The van der Waals surface area contributed by atoms with Crippen molar-refractivity contribution in [2.24, 2.45) is 5.73 Å². The summed E-state index contributed by atoms with van der Waals surface area (Å²) in [6.07, 6.45) is 4.79. The number of hydrogen-bond acceptors (Lipinski definition) is 3. The van der Waals surface area contributed by atoms with Gasteiger partial charge < -0.3 is 15.4 Å². The summed E-state index contributed by atoms with van der Waals surface area (Å²) in [5, 5.41) is 0. The van der Waals surface area contributed by atoms with Gasteiger partial charge in [0.2, 0.25) is 0 Å². The fraction of sp³-hybridized carbons (Fsp3) is 0.600. The third-order valence-electron chi connectivity index (χ3n) is 3.91. The number of rotatable bonds is 5. The highest BCUT2D eigenvalue weighted by molar-refractivity contribution is 5.34. The number of hydrogen-bond donors (Lipinski definition) is 1. The minimum absolute atomic E-state index is 0.172. The Balaban J connectivity index is 1.87. The molecule has 1 saturated heterocycles. The van der Waals surface area contributed by atoms with Crippen molar-refractivity contribution in [2.75, 3.05) is 20.2 Å². The number of nitrogens with two attached hydrogens (primary N) is 1. The number of likely N-dealkylation sites (tertiary alicyclic amines) is 1. The Morgan fingerprint density at radius 2 is 2.26 bits per heavy atom. The zero-order valence-corrected chi connectivity index (χ0v) is 11.6. The summed E-state index contributed by atoms with van der Waals surface area (Å²) in [6.45, 7) is 1.95. The second kappa shape index (κ2) is 6.87. The lowest BCUT2D eigenvalue weighted by Crippen LogP contribution is -2.37. The molecule has 1 aromatic rings. The van der Waals surface area contributed by atoms with E-state index in [9.17, 15) is 4.39 Å². The molecule has 2 N–H and O–H groups in total. The lowest BCUT2D eigenvalue weighted by molar-refractivity contribution is 0.152. The molecule has 0 amide bonds. The molecule has 0 radical (unpaired) electrons. The molecule has 0 saturated carbocycles. The van der Waals surface area contributed by atoms with E-state index in [0.717, 1.165) is 6.42 Å². The normalized spacial score (nSPS) is 20.5. The van der Waals surface area contributed by atoms with Crippen molar-refractivity contribution in [1.82, 2.24) is 4.90 Å². The second-order valence-corrected chi connectivity index (χ2v) is 5.19. The maximum absolute atomic E-state index is 13.5. The lowest BCUT2D eigenvalue weighted by Gasteiger charge is -2.32.